The average molecular weight is 655 g/mol. The summed E-state index contributed by atoms with van der Waals surface area (Å²) < 4.78 is 46.7. The number of hydrogen-bond donors (Lipinski definition) is 2. The molecule has 0 radical (unpaired) electrons. The molecule has 2 atom stereocenters. The Morgan fingerprint density at radius 3 is 2.11 bits per heavy atom. The highest BCUT2D eigenvalue weighted by molar-refractivity contribution is 6.11. The van der Waals surface area contributed by atoms with Crippen molar-refractivity contribution in [3.8, 4) is 23.0 Å². The summed E-state index contributed by atoms with van der Waals surface area (Å²) in [5, 5.41) is 12.5. The van der Waals surface area contributed by atoms with Gasteiger partial charge >= 0.3 is 12.1 Å². The van der Waals surface area contributed by atoms with E-state index in [1.54, 1.807) is 6.07 Å². The highest BCUT2D eigenvalue weighted by Gasteiger charge is 2.34. The van der Waals surface area contributed by atoms with Gasteiger partial charge in [-0.25, -0.2) is 14.0 Å². The van der Waals surface area contributed by atoms with Crippen LogP contribution in [0.1, 0.15) is 49.5 Å². The SMILES string of the molecule is COCOc1ccc(OC)c(F)c1C(=O)c1ccc(C(=O)O[C@@H]2CCCN(C(=O)O)C[C@H]2NC(=O)c2cc(OC)cc(OC)c2)cc1. The van der Waals surface area contributed by atoms with E-state index in [0.29, 0.717) is 17.9 Å². The van der Waals surface area contributed by atoms with Crippen LogP contribution in [0.2, 0.25) is 0 Å². The number of ketones is 1. The van der Waals surface area contributed by atoms with Gasteiger partial charge in [0.05, 0.1) is 32.9 Å². The van der Waals surface area contributed by atoms with E-state index in [0.717, 1.165) is 4.90 Å². The minimum atomic E-state index is -1.18. The van der Waals surface area contributed by atoms with Gasteiger partial charge in [-0.3, -0.25) is 9.59 Å². The van der Waals surface area contributed by atoms with Crippen LogP contribution in [0.3, 0.4) is 0 Å². The molecule has 0 unspecified atom stereocenters. The van der Waals surface area contributed by atoms with E-state index in [1.165, 1.54) is 77.0 Å². The largest absolute Gasteiger partial charge is 0.497 e. The van der Waals surface area contributed by atoms with E-state index in [1.807, 2.05) is 0 Å². The average Bonchev–Trinajstić information content (AvgIpc) is 3.28. The van der Waals surface area contributed by atoms with Crippen molar-refractivity contribution in [2.75, 3.05) is 48.3 Å². The van der Waals surface area contributed by atoms with Crippen molar-refractivity contribution in [3.63, 3.8) is 0 Å². The van der Waals surface area contributed by atoms with Crippen molar-refractivity contribution < 1.29 is 57.1 Å². The lowest BCUT2D eigenvalue weighted by molar-refractivity contribution is 0.0179. The first-order valence-electron chi connectivity index (χ1n) is 14.5. The number of nitrogens with zero attached hydrogens (tertiary/aromatic N) is 1. The molecule has 14 heteroatoms. The van der Waals surface area contributed by atoms with Gasteiger partial charge in [0.25, 0.3) is 5.91 Å². The quantitative estimate of drug-likeness (QED) is 0.164. The molecule has 1 saturated heterocycles. The predicted molar refractivity (Wildman–Crippen MR) is 164 cm³/mol. The zero-order valence-corrected chi connectivity index (χ0v) is 26.2. The number of carboxylic acid groups (broad SMARTS) is 1. The lowest BCUT2D eigenvalue weighted by atomic mass is 10.00. The smallest absolute Gasteiger partial charge is 0.407 e. The number of likely N-dealkylation sites (tertiary alicyclic amines) is 1. The van der Waals surface area contributed by atoms with Crippen molar-refractivity contribution in [2.24, 2.45) is 0 Å². The summed E-state index contributed by atoms with van der Waals surface area (Å²) in [6.07, 6.45) is -1.44. The van der Waals surface area contributed by atoms with Crippen LogP contribution in [0.5, 0.6) is 23.0 Å². The molecular weight excluding hydrogens is 619 g/mol. The topological polar surface area (TPSA) is 159 Å². The highest BCUT2D eigenvalue weighted by atomic mass is 19.1. The number of ether oxygens (including phenoxy) is 6. The molecule has 1 aliphatic heterocycles. The van der Waals surface area contributed by atoms with Gasteiger partial charge in [-0.2, -0.15) is 0 Å². The fraction of sp³-hybridized carbons (Fsp3) is 0.333. The van der Waals surface area contributed by atoms with Crippen LogP contribution in [0.25, 0.3) is 0 Å². The van der Waals surface area contributed by atoms with Gasteiger partial charge in [0.1, 0.15) is 28.9 Å². The number of rotatable bonds is 12. The number of methoxy groups -OCH3 is 4. The number of hydrogen-bond acceptors (Lipinski definition) is 10. The van der Waals surface area contributed by atoms with Gasteiger partial charge in [-0.15, -0.1) is 0 Å². The van der Waals surface area contributed by atoms with Crippen molar-refractivity contribution in [3.05, 3.63) is 82.7 Å². The van der Waals surface area contributed by atoms with Crippen molar-refractivity contribution in [2.45, 2.75) is 25.0 Å². The lowest BCUT2D eigenvalue weighted by Crippen LogP contribution is -2.51. The molecule has 1 fully saturated rings. The summed E-state index contributed by atoms with van der Waals surface area (Å²) in [5.74, 6) is -2.42. The van der Waals surface area contributed by atoms with Crippen molar-refractivity contribution in [1.29, 1.82) is 0 Å². The fourth-order valence-electron chi connectivity index (χ4n) is 5.03. The maximum Gasteiger partial charge on any atom is 0.407 e. The first kappa shape index (κ1) is 34.5. The molecule has 3 aromatic rings. The van der Waals surface area contributed by atoms with E-state index in [-0.39, 0.29) is 60.1 Å². The number of benzene rings is 3. The van der Waals surface area contributed by atoms with Crippen LogP contribution in [-0.2, 0) is 9.47 Å². The van der Waals surface area contributed by atoms with Gasteiger partial charge in [-0.1, -0.05) is 12.1 Å². The van der Waals surface area contributed by atoms with E-state index in [2.05, 4.69) is 5.32 Å². The summed E-state index contributed by atoms with van der Waals surface area (Å²) in [4.78, 5) is 52.9. The van der Waals surface area contributed by atoms with Gasteiger partial charge in [0.15, 0.2) is 24.1 Å². The van der Waals surface area contributed by atoms with E-state index in [9.17, 15) is 24.3 Å². The van der Waals surface area contributed by atoms with Crippen LogP contribution in [0.4, 0.5) is 9.18 Å². The molecule has 250 valence electrons. The second-order valence-electron chi connectivity index (χ2n) is 10.4. The second-order valence-corrected chi connectivity index (χ2v) is 10.4. The van der Waals surface area contributed by atoms with E-state index < -0.39 is 41.7 Å². The Balaban J connectivity index is 1.54. The zero-order chi connectivity index (χ0) is 34.1. The third-order valence-electron chi connectivity index (χ3n) is 7.47. The molecule has 4 rings (SSSR count). The Hall–Kier alpha value is -5.37. The molecule has 1 heterocycles. The molecule has 0 bridgehead atoms. The van der Waals surface area contributed by atoms with E-state index >= 15 is 4.39 Å². The summed E-state index contributed by atoms with van der Waals surface area (Å²) >= 11 is 0. The first-order valence-corrected chi connectivity index (χ1v) is 14.5. The van der Waals surface area contributed by atoms with Crippen LogP contribution in [-0.4, -0.2) is 94.2 Å². The van der Waals surface area contributed by atoms with Crippen LogP contribution in [0, 0.1) is 5.82 Å². The molecule has 47 heavy (non-hydrogen) atoms. The Kier molecular flexibility index (Phi) is 11.6. The Bertz CT molecular complexity index is 1590. The third-order valence-corrected chi connectivity index (χ3v) is 7.47. The summed E-state index contributed by atoms with van der Waals surface area (Å²) in [6.45, 7) is -0.180. The van der Waals surface area contributed by atoms with Crippen LogP contribution >= 0.6 is 0 Å². The first-order chi connectivity index (χ1) is 22.6. The molecule has 0 aliphatic carbocycles. The summed E-state index contributed by atoms with van der Waals surface area (Å²) in [5.41, 5.74) is -0.0434. The van der Waals surface area contributed by atoms with Gasteiger partial charge < -0.3 is 43.7 Å². The predicted octanol–water partition coefficient (Wildman–Crippen LogP) is 4.16. The number of nitrogens with one attached hydrogen (secondary N) is 1. The standard InChI is InChI=1S/C33H35FN2O11/c1-42-18-46-26-11-12-27(45-4)29(34)28(26)30(37)19-7-9-20(10-8-19)32(39)47-25-6-5-13-36(33(40)41)17-24(25)35-31(38)21-14-22(43-2)16-23(15-21)44-3/h7-12,14-16,24-25H,5-6,13,17-18H2,1-4H3,(H,35,38)(H,40,41)/t24-,25-/m1/s1. The fourth-order valence-corrected chi connectivity index (χ4v) is 5.03. The maximum atomic E-state index is 15.2. The van der Waals surface area contributed by atoms with Crippen molar-refractivity contribution >= 4 is 23.8 Å². The molecule has 2 N–H and O–H groups in total. The Morgan fingerprint density at radius 2 is 1.51 bits per heavy atom. The van der Waals surface area contributed by atoms with Gasteiger partial charge in [0.2, 0.25) is 0 Å². The normalized spacial score (nSPS) is 16.0. The Morgan fingerprint density at radius 1 is 0.872 bits per heavy atom. The number of esters is 1. The summed E-state index contributed by atoms with van der Waals surface area (Å²) in [6, 6.07) is 11.8. The maximum absolute atomic E-state index is 15.2. The molecule has 0 spiro atoms. The molecule has 3 aromatic carbocycles. The molecule has 0 saturated carbocycles. The third kappa shape index (κ3) is 8.27. The minimum absolute atomic E-state index is 0.0529. The molecule has 1 aliphatic rings. The summed E-state index contributed by atoms with van der Waals surface area (Å²) in [7, 11) is 5.53. The second kappa shape index (κ2) is 15.8. The van der Waals surface area contributed by atoms with Crippen LogP contribution < -0.4 is 24.3 Å². The number of halogens is 1. The molecule has 0 aromatic heterocycles. The molecular formula is C33H35FN2O11. The van der Waals surface area contributed by atoms with Crippen molar-refractivity contribution in [1.82, 2.24) is 10.2 Å². The molecule has 13 nitrogen and oxygen atoms in total. The highest BCUT2D eigenvalue weighted by Crippen LogP contribution is 2.31. The van der Waals surface area contributed by atoms with Gasteiger partial charge in [-0.05, 0) is 49.2 Å². The Labute approximate surface area is 270 Å². The number of carbonyl (C=O) groups excluding carboxylic acids is 3. The number of amides is 2. The van der Waals surface area contributed by atoms with Gasteiger partial charge in [0, 0.05) is 37.4 Å². The lowest BCUT2D eigenvalue weighted by Gasteiger charge is -2.28. The van der Waals surface area contributed by atoms with E-state index in [4.69, 9.17) is 28.4 Å². The molecule has 2 amide bonds. The minimum Gasteiger partial charge on any atom is -0.497 e. The van der Waals surface area contributed by atoms with Crippen LogP contribution in [0.15, 0.2) is 54.6 Å². The monoisotopic (exact) mass is 654 g/mol. The zero-order valence-electron chi connectivity index (χ0n) is 26.2. The number of carbonyl (C=O) groups is 4.